The Balaban J connectivity index is 0.00000208. The molecule has 3 rings (SSSR count). The fourth-order valence-corrected chi connectivity index (χ4v) is 5.14. The van der Waals surface area contributed by atoms with E-state index in [1.807, 2.05) is 0 Å². The van der Waals surface area contributed by atoms with Crippen LogP contribution in [0.3, 0.4) is 0 Å². The molecule has 4 N–H and O–H groups in total. The van der Waals surface area contributed by atoms with Gasteiger partial charge in [-0.15, -0.1) is 12.4 Å². The highest BCUT2D eigenvalue weighted by Gasteiger charge is 2.29. The van der Waals surface area contributed by atoms with Crippen LogP contribution in [0.1, 0.15) is 32.1 Å². The number of aromatic nitrogens is 2. The molecule has 2 heterocycles. The van der Waals surface area contributed by atoms with Crippen molar-refractivity contribution < 1.29 is 8.42 Å². The van der Waals surface area contributed by atoms with Crippen LogP contribution in [0, 0.1) is 5.92 Å². The van der Waals surface area contributed by atoms with E-state index in [4.69, 9.17) is 17.3 Å². The number of aromatic amines is 1. The van der Waals surface area contributed by atoms with Gasteiger partial charge in [0.15, 0.2) is 0 Å². The van der Waals surface area contributed by atoms with Crippen LogP contribution in [0.15, 0.2) is 23.4 Å². The van der Waals surface area contributed by atoms with Crippen LogP contribution in [-0.2, 0) is 10.0 Å². The molecule has 0 aliphatic heterocycles. The second-order valence-electron chi connectivity index (χ2n) is 6.03. The first kappa shape index (κ1) is 19.5. The predicted molar refractivity (Wildman–Crippen MR) is 98.1 cm³/mol. The number of nitrogens with two attached hydrogens (primary N) is 1. The third-order valence-electron chi connectivity index (χ3n) is 4.56. The molecule has 2 aromatic rings. The molecule has 134 valence electrons. The van der Waals surface area contributed by atoms with E-state index in [-0.39, 0.29) is 29.9 Å². The Hall–Kier alpha value is -0.860. The van der Waals surface area contributed by atoms with Crippen LogP contribution in [-0.4, -0.2) is 31.0 Å². The second kappa shape index (κ2) is 8.01. The average Bonchev–Trinajstić information content (AvgIpc) is 3.00. The summed E-state index contributed by atoms with van der Waals surface area (Å²) >= 11 is 6.15. The van der Waals surface area contributed by atoms with E-state index in [0.717, 1.165) is 25.7 Å². The summed E-state index contributed by atoms with van der Waals surface area (Å²) < 4.78 is 28.4. The number of H-pyrrole nitrogens is 1. The second-order valence-corrected chi connectivity index (χ2v) is 8.12. The lowest BCUT2D eigenvalue weighted by Gasteiger charge is -2.29. The zero-order valence-electron chi connectivity index (χ0n) is 13.2. The number of rotatable bonds is 5. The smallest absolute Gasteiger partial charge is 0.243 e. The zero-order valence-corrected chi connectivity index (χ0v) is 15.6. The van der Waals surface area contributed by atoms with Crippen molar-refractivity contribution in [1.29, 1.82) is 0 Å². The SMILES string of the molecule is Cl.NCC(NS(=O)(=O)c1c[nH]c2nccc(Cl)c12)C1CCCCC1. The maximum Gasteiger partial charge on any atom is 0.243 e. The lowest BCUT2D eigenvalue weighted by Crippen LogP contribution is -2.45. The molecule has 1 aliphatic rings. The first-order valence-corrected chi connectivity index (χ1v) is 9.73. The average molecular weight is 393 g/mol. The molecule has 0 aromatic carbocycles. The summed E-state index contributed by atoms with van der Waals surface area (Å²) in [6, 6.07) is 1.33. The van der Waals surface area contributed by atoms with Gasteiger partial charge in [-0.1, -0.05) is 30.9 Å². The van der Waals surface area contributed by atoms with Gasteiger partial charge < -0.3 is 10.7 Å². The highest BCUT2D eigenvalue weighted by Crippen LogP contribution is 2.30. The molecule has 0 saturated heterocycles. The summed E-state index contributed by atoms with van der Waals surface area (Å²) in [5.74, 6) is 0.294. The molecule has 1 atom stereocenters. The van der Waals surface area contributed by atoms with Crippen molar-refractivity contribution in [1.82, 2.24) is 14.7 Å². The Kier molecular flexibility index (Phi) is 6.50. The van der Waals surface area contributed by atoms with Crippen molar-refractivity contribution in [2.45, 2.75) is 43.0 Å². The van der Waals surface area contributed by atoms with Crippen molar-refractivity contribution in [3.8, 4) is 0 Å². The lowest BCUT2D eigenvalue weighted by molar-refractivity contribution is 0.294. The lowest BCUT2D eigenvalue weighted by atomic mass is 9.84. The van der Waals surface area contributed by atoms with E-state index in [1.165, 1.54) is 18.8 Å². The minimum Gasteiger partial charge on any atom is -0.345 e. The van der Waals surface area contributed by atoms with Crippen molar-refractivity contribution in [2.75, 3.05) is 6.54 Å². The summed E-state index contributed by atoms with van der Waals surface area (Å²) in [5.41, 5.74) is 6.29. The number of pyridine rings is 1. The molecule has 1 saturated carbocycles. The number of fused-ring (bicyclic) bond motifs is 1. The molecule has 0 bridgehead atoms. The van der Waals surface area contributed by atoms with Gasteiger partial charge in [0.1, 0.15) is 10.5 Å². The third-order valence-corrected chi connectivity index (χ3v) is 6.38. The van der Waals surface area contributed by atoms with E-state index < -0.39 is 10.0 Å². The van der Waals surface area contributed by atoms with Crippen LogP contribution < -0.4 is 10.5 Å². The van der Waals surface area contributed by atoms with Crippen molar-refractivity contribution in [3.05, 3.63) is 23.5 Å². The highest BCUT2D eigenvalue weighted by atomic mass is 35.5. The number of halogens is 2. The van der Waals surface area contributed by atoms with Gasteiger partial charge >= 0.3 is 0 Å². The van der Waals surface area contributed by atoms with Crippen molar-refractivity contribution in [2.24, 2.45) is 11.7 Å². The zero-order chi connectivity index (χ0) is 16.4. The summed E-state index contributed by atoms with van der Waals surface area (Å²) in [7, 11) is -3.71. The summed E-state index contributed by atoms with van der Waals surface area (Å²) in [4.78, 5) is 7.09. The molecule has 1 unspecified atom stereocenters. The van der Waals surface area contributed by atoms with E-state index in [0.29, 0.717) is 22.0 Å². The molecule has 24 heavy (non-hydrogen) atoms. The molecule has 2 aromatic heterocycles. The largest absolute Gasteiger partial charge is 0.345 e. The fourth-order valence-electron chi connectivity index (χ4n) is 3.34. The summed E-state index contributed by atoms with van der Waals surface area (Å²) in [6.45, 7) is 0.290. The Bertz CT molecular complexity index is 788. The Morgan fingerprint density at radius 2 is 2.08 bits per heavy atom. The minimum absolute atomic E-state index is 0. The molecular formula is C15H22Cl2N4O2S. The van der Waals surface area contributed by atoms with Gasteiger partial charge in [0.2, 0.25) is 10.0 Å². The van der Waals surface area contributed by atoms with Gasteiger partial charge in [0.05, 0.1) is 10.4 Å². The molecule has 0 amide bonds. The van der Waals surface area contributed by atoms with E-state index >= 15 is 0 Å². The quantitative estimate of drug-likeness (QED) is 0.727. The highest BCUT2D eigenvalue weighted by molar-refractivity contribution is 7.89. The summed E-state index contributed by atoms with van der Waals surface area (Å²) in [6.07, 6.45) is 8.47. The first-order valence-electron chi connectivity index (χ1n) is 7.87. The van der Waals surface area contributed by atoms with Crippen LogP contribution in [0.25, 0.3) is 11.0 Å². The van der Waals surface area contributed by atoms with Gasteiger partial charge in [0.25, 0.3) is 0 Å². The van der Waals surface area contributed by atoms with E-state index in [9.17, 15) is 8.42 Å². The molecule has 0 radical (unpaired) electrons. The van der Waals surface area contributed by atoms with Gasteiger partial charge in [-0.05, 0) is 24.8 Å². The third kappa shape index (κ3) is 3.86. The standard InChI is InChI=1S/C15H21ClN4O2S.ClH/c16-11-6-7-18-15-14(11)13(9-19-15)23(21,22)20-12(8-17)10-4-2-1-3-5-10;/h6-7,9-10,12,20H,1-5,8,17H2,(H,18,19);1H. The molecule has 1 aliphatic carbocycles. The molecule has 6 nitrogen and oxygen atoms in total. The molecule has 1 fully saturated rings. The van der Waals surface area contributed by atoms with E-state index in [2.05, 4.69) is 14.7 Å². The Labute approximate surface area is 153 Å². The van der Waals surface area contributed by atoms with Crippen molar-refractivity contribution >= 4 is 45.1 Å². The Morgan fingerprint density at radius 1 is 1.38 bits per heavy atom. The molecular weight excluding hydrogens is 371 g/mol. The first-order chi connectivity index (χ1) is 11.0. The number of hydrogen-bond donors (Lipinski definition) is 3. The number of hydrogen-bond acceptors (Lipinski definition) is 4. The number of sulfonamides is 1. The molecule has 9 heteroatoms. The maximum absolute atomic E-state index is 12.8. The van der Waals surface area contributed by atoms with Gasteiger partial charge in [-0.3, -0.25) is 0 Å². The maximum atomic E-state index is 12.8. The van der Waals surface area contributed by atoms with Gasteiger partial charge in [0, 0.05) is 25.0 Å². The molecule has 0 spiro atoms. The normalized spacial score (nSPS) is 17.6. The van der Waals surface area contributed by atoms with Crippen LogP contribution in [0.2, 0.25) is 5.02 Å². The predicted octanol–water partition coefficient (Wildman–Crippen LogP) is 2.82. The van der Waals surface area contributed by atoms with Gasteiger partial charge in [-0.2, -0.15) is 0 Å². The number of nitrogens with one attached hydrogen (secondary N) is 2. The minimum atomic E-state index is -3.71. The van der Waals surface area contributed by atoms with Crippen LogP contribution in [0.4, 0.5) is 0 Å². The van der Waals surface area contributed by atoms with Crippen LogP contribution >= 0.6 is 24.0 Å². The topological polar surface area (TPSA) is 101 Å². The van der Waals surface area contributed by atoms with Crippen LogP contribution in [0.5, 0.6) is 0 Å². The Morgan fingerprint density at radius 3 is 2.75 bits per heavy atom. The number of nitrogens with zero attached hydrogens (tertiary/aromatic N) is 1. The fraction of sp³-hybridized carbons (Fsp3) is 0.533. The van der Waals surface area contributed by atoms with Gasteiger partial charge in [-0.25, -0.2) is 18.1 Å². The van der Waals surface area contributed by atoms with E-state index in [1.54, 1.807) is 6.07 Å². The monoisotopic (exact) mass is 392 g/mol. The van der Waals surface area contributed by atoms with Crippen molar-refractivity contribution in [3.63, 3.8) is 0 Å². The summed E-state index contributed by atoms with van der Waals surface area (Å²) in [5, 5.41) is 0.777.